The maximum atomic E-state index is 12.0. The van der Waals surface area contributed by atoms with E-state index < -0.39 is 5.54 Å². The van der Waals surface area contributed by atoms with Crippen LogP contribution in [0.25, 0.3) is 0 Å². The topological polar surface area (TPSA) is 97.4 Å². The van der Waals surface area contributed by atoms with E-state index in [1.807, 2.05) is 0 Å². The van der Waals surface area contributed by atoms with Gasteiger partial charge in [0, 0.05) is 18.0 Å². The molecular formula is C13H19N3O3. The zero-order valence-electron chi connectivity index (χ0n) is 10.8. The van der Waals surface area contributed by atoms with Crippen molar-refractivity contribution in [3.8, 4) is 0 Å². The molecule has 0 aliphatic heterocycles. The van der Waals surface area contributed by atoms with Gasteiger partial charge in [-0.1, -0.05) is 12.8 Å². The fourth-order valence-electron chi connectivity index (χ4n) is 2.54. The molecule has 0 saturated heterocycles. The van der Waals surface area contributed by atoms with Crippen LogP contribution in [0.3, 0.4) is 0 Å². The van der Waals surface area contributed by atoms with E-state index in [1.165, 1.54) is 22.9 Å². The SMILES string of the molecule is Nc1ccc(=O)n(CC(=O)NC2(CO)CCCC2)c1. The van der Waals surface area contributed by atoms with Gasteiger partial charge in [0.2, 0.25) is 5.91 Å². The summed E-state index contributed by atoms with van der Waals surface area (Å²) < 4.78 is 1.27. The number of hydrogen-bond acceptors (Lipinski definition) is 4. The third kappa shape index (κ3) is 3.14. The lowest BCUT2D eigenvalue weighted by Crippen LogP contribution is -2.50. The number of pyridine rings is 1. The number of nitrogens with one attached hydrogen (secondary N) is 1. The van der Waals surface area contributed by atoms with Crippen molar-refractivity contribution in [2.75, 3.05) is 12.3 Å². The second-order valence-corrected chi connectivity index (χ2v) is 5.12. The molecule has 1 aliphatic rings. The maximum Gasteiger partial charge on any atom is 0.251 e. The van der Waals surface area contributed by atoms with Crippen molar-refractivity contribution in [3.05, 3.63) is 28.7 Å². The summed E-state index contributed by atoms with van der Waals surface area (Å²) >= 11 is 0. The third-order valence-electron chi connectivity index (χ3n) is 3.59. The van der Waals surface area contributed by atoms with Crippen LogP contribution >= 0.6 is 0 Å². The molecule has 19 heavy (non-hydrogen) atoms. The first kappa shape index (κ1) is 13.6. The largest absolute Gasteiger partial charge is 0.398 e. The van der Waals surface area contributed by atoms with Crippen LogP contribution in [0.4, 0.5) is 5.69 Å². The number of hydrogen-bond donors (Lipinski definition) is 3. The van der Waals surface area contributed by atoms with Gasteiger partial charge in [-0.2, -0.15) is 0 Å². The molecule has 4 N–H and O–H groups in total. The van der Waals surface area contributed by atoms with Gasteiger partial charge in [0.25, 0.3) is 5.56 Å². The Kier molecular flexibility index (Phi) is 3.90. The Labute approximate surface area is 111 Å². The van der Waals surface area contributed by atoms with Gasteiger partial charge in [0.15, 0.2) is 0 Å². The number of rotatable bonds is 4. The molecule has 0 spiro atoms. The molecular weight excluding hydrogens is 246 g/mol. The van der Waals surface area contributed by atoms with Crippen LogP contribution < -0.4 is 16.6 Å². The molecule has 0 aromatic carbocycles. The zero-order valence-corrected chi connectivity index (χ0v) is 10.8. The van der Waals surface area contributed by atoms with Crippen LogP contribution in [0.1, 0.15) is 25.7 Å². The molecule has 1 amide bonds. The van der Waals surface area contributed by atoms with E-state index in [4.69, 9.17) is 5.73 Å². The Morgan fingerprint density at radius 3 is 2.74 bits per heavy atom. The number of aromatic nitrogens is 1. The van der Waals surface area contributed by atoms with Gasteiger partial charge >= 0.3 is 0 Å². The number of carbonyl (C=O) groups excluding carboxylic acids is 1. The van der Waals surface area contributed by atoms with Gasteiger partial charge in [-0.25, -0.2) is 0 Å². The highest BCUT2D eigenvalue weighted by Crippen LogP contribution is 2.28. The molecule has 6 heteroatoms. The Morgan fingerprint density at radius 2 is 2.11 bits per heavy atom. The average Bonchev–Trinajstić information content (AvgIpc) is 2.83. The minimum absolute atomic E-state index is 0.0649. The van der Waals surface area contributed by atoms with Crippen LogP contribution in [0.2, 0.25) is 0 Å². The highest BCUT2D eigenvalue weighted by atomic mass is 16.3. The van der Waals surface area contributed by atoms with Crippen molar-refractivity contribution < 1.29 is 9.90 Å². The zero-order chi connectivity index (χ0) is 13.9. The molecule has 1 aliphatic carbocycles. The smallest absolute Gasteiger partial charge is 0.251 e. The number of amides is 1. The fourth-order valence-corrected chi connectivity index (χ4v) is 2.54. The lowest BCUT2D eigenvalue weighted by Gasteiger charge is -2.28. The van der Waals surface area contributed by atoms with Gasteiger partial charge in [-0.3, -0.25) is 9.59 Å². The van der Waals surface area contributed by atoms with E-state index in [2.05, 4.69) is 5.32 Å². The summed E-state index contributed by atoms with van der Waals surface area (Å²) in [5, 5.41) is 12.3. The molecule has 1 fully saturated rings. The fraction of sp³-hybridized carbons (Fsp3) is 0.538. The highest BCUT2D eigenvalue weighted by Gasteiger charge is 2.34. The number of nitrogens with zero attached hydrogens (tertiary/aromatic N) is 1. The highest BCUT2D eigenvalue weighted by molar-refractivity contribution is 5.76. The third-order valence-corrected chi connectivity index (χ3v) is 3.59. The molecule has 0 atom stereocenters. The number of aliphatic hydroxyl groups is 1. The molecule has 0 unspecified atom stereocenters. The van der Waals surface area contributed by atoms with E-state index >= 15 is 0 Å². The van der Waals surface area contributed by atoms with E-state index in [0.717, 1.165) is 25.7 Å². The first-order valence-electron chi connectivity index (χ1n) is 6.42. The summed E-state index contributed by atoms with van der Waals surface area (Å²) in [5.74, 6) is -0.274. The van der Waals surface area contributed by atoms with Crippen molar-refractivity contribution in [2.45, 2.75) is 37.8 Å². The molecule has 1 heterocycles. The van der Waals surface area contributed by atoms with Crippen LogP contribution in [0, 0.1) is 0 Å². The Balaban J connectivity index is 2.05. The van der Waals surface area contributed by atoms with E-state index in [0.29, 0.717) is 5.69 Å². The molecule has 1 saturated carbocycles. The summed E-state index contributed by atoms with van der Waals surface area (Å²) in [6.07, 6.45) is 5.00. The lowest BCUT2D eigenvalue weighted by atomic mass is 9.99. The van der Waals surface area contributed by atoms with Crippen LogP contribution in [0.15, 0.2) is 23.1 Å². The number of nitrogen functional groups attached to an aromatic ring is 1. The van der Waals surface area contributed by atoms with Crippen molar-refractivity contribution >= 4 is 11.6 Å². The molecule has 1 aromatic rings. The van der Waals surface area contributed by atoms with Crippen molar-refractivity contribution in [1.29, 1.82) is 0 Å². The normalized spacial score (nSPS) is 17.3. The second kappa shape index (κ2) is 5.44. The number of nitrogens with two attached hydrogens (primary N) is 1. The average molecular weight is 265 g/mol. The van der Waals surface area contributed by atoms with Crippen molar-refractivity contribution in [2.24, 2.45) is 0 Å². The number of carbonyl (C=O) groups is 1. The Morgan fingerprint density at radius 1 is 1.42 bits per heavy atom. The standard InChI is InChI=1S/C13H19N3O3/c14-10-3-4-12(19)16(7-10)8-11(18)15-13(9-17)5-1-2-6-13/h3-4,7,17H,1-2,5-6,8-9,14H2,(H,15,18). The van der Waals surface area contributed by atoms with Gasteiger partial charge in [0.1, 0.15) is 6.54 Å². The van der Waals surface area contributed by atoms with E-state index in [1.54, 1.807) is 0 Å². The van der Waals surface area contributed by atoms with E-state index in [9.17, 15) is 14.7 Å². The predicted octanol–water partition coefficient (Wildman–Crippen LogP) is -0.148. The molecule has 0 radical (unpaired) electrons. The lowest BCUT2D eigenvalue weighted by molar-refractivity contribution is -0.124. The first-order chi connectivity index (χ1) is 9.04. The molecule has 104 valence electrons. The minimum Gasteiger partial charge on any atom is -0.398 e. The maximum absolute atomic E-state index is 12.0. The van der Waals surface area contributed by atoms with Gasteiger partial charge in [-0.15, -0.1) is 0 Å². The van der Waals surface area contributed by atoms with Crippen LogP contribution in [0.5, 0.6) is 0 Å². The monoisotopic (exact) mass is 265 g/mol. The summed E-state index contributed by atoms with van der Waals surface area (Å²) in [6.45, 7) is -0.143. The minimum atomic E-state index is -0.513. The predicted molar refractivity (Wildman–Crippen MR) is 71.5 cm³/mol. The first-order valence-corrected chi connectivity index (χ1v) is 6.42. The number of anilines is 1. The molecule has 6 nitrogen and oxygen atoms in total. The second-order valence-electron chi connectivity index (χ2n) is 5.12. The Bertz CT molecular complexity index is 518. The summed E-state index contributed by atoms with van der Waals surface area (Å²) in [7, 11) is 0. The molecule has 1 aromatic heterocycles. The van der Waals surface area contributed by atoms with Crippen LogP contribution in [-0.2, 0) is 11.3 Å². The van der Waals surface area contributed by atoms with Gasteiger partial charge in [-0.05, 0) is 18.9 Å². The Hall–Kier alpha value is -1.82. The molecule has 2 rings (SSSR count). The van der Waals surface area contributed by atoms with E-state index in [-0.39, 0.29) is 24.6 Å². The summed E-state index contributed by atoms with van der Waals surface area (Å²) in [4.78, 5) is 23.5. The van der Waals surface area contributed by atoms with Crippen molar-refractivity contribution in [3.63, 3.8) is 0 Å². The van der Waals surface area contributed by atoms with Gasteiger partial charge in [0.05, 0.1) is 12.1 Å². The van der Waals surface area contributed by atoms with Gasteiger partial charge < -0.3 is 20.7 Å². The van der Waals surface area contributed by atoms with Crippen molar-refractivity contribution in [1.82, 2.24) is 9.88 Å². The molecule has 0 bridgehead atoms. The summed E-state index contributed by atoms with van der Waals surface area (Å²) in [6, 6.07) is 2.84. The quantitative estimate of drug-likeness (QED) is 0.705. The van der Waals surface area contributed by atoms with Crippen LogP contribution in [-0.4, -0.2) is 27.7 Å². The summed E-state index contributed by atoms with van der Waals surface area (Å²) in [5.41, 5.74) is 5.24. The number of aliphatic hydroxyl groups excluding tert-OH is 1.